The van der Waals surface area contributed by atoms with Crippen molar-refractivity contribution in [1.29, 1.82) is 0 Å². The fourth-order valence-electron chi connectivity index (χ4n) is 2.23. The first-order valence-corrected chi connectivity index (χ1v) is 6.72. The number of oxime groups is 1. The van der Waals surface area contributed by atoms with Crippen LogP contribution in [0.4, 0.5) is 0 Å². The first-order valence-electron chi connectivity index (χ1n) is 5.96. The summed E-state index contributed by atoms with van der Waals surface area (Å²) in [6, 6.07) is 15.5. The van der Waals surface area contributed by atoms with Crippen LogP contribution in [0.3, 0.4) is 0 Å². The molecule has 1 atom stereocenters. The Kier molecular flexibility index (Phi) is 3.45. The van der Waals surface area contributed by atoms with Gasteiger partial charge >= 0.3 is 0 Å². The highest BCUT2D eigenvalue weighted by Crippen LogP contribution is 2.33. The van der Waals surface area contributed by atoms with Crippen LogP contribution in [0.25, 0.3) is 0 Å². The van der Waals surface area contributed by atoms with E-state index in [1.807, 2.05) is 36.4 Å². The third-order valence-corrected chi connectivity index (χ3v) is 3.78. The number of benzene rings is 2. The molecule has 96 valence electrons. The standard InChI is InChI=1S/C15H11Cl2NO/c16-12-7-4-8-13(17)14(12)15-11(9-19-18-15)10-5-2-1-3-6-10/h1-8,11H,9H2/t11-/m0/s1. The van der Waals surface area contributed by atoms with Crippen molar-refractivity contribution in [3.05, 3.63) is 69.7 Å². The van der Waals surface area contributed by atoms with Gasteiger partial charge in [0.2, 0.25) is 0 Å². The molecule has 0 N–H and O–H groups in total. The predicted molar refractivity (Wildman–Crippen MR) is 78.1 cm³/mol. The summed E-state index contributed by atoms with van der Waals surface area (Å²) in [5.74, 6) is 0.0681. The van der Waals surface area contributed by atoms with Gasteiger partial charge in [-0.3, -0.25) is 0 Å². The van der Waals surface area contributed by atoms with Crippen molar-refractivity contribution in [2.75, 3.05) is 6.61 Å². The second-order valence-electron chi connectivity index (χ2n) is 4.33. The van der Waals surface area contributed by atoms with Crippen molar-refractivity contribution in [2.45, 2.75) is 5.92 Å². The average Bonchev–Trinajstić information content (AvgIpc) is 2.89. The van der Waals surface area contributed by atoms with E-state index in [1.54, 1.807) is 0 Å². The molecule has 0 saturated heterocycles. The highest BCUT2D eigenvalue weighted by molar-refractivity contribution is 6.40. The molecule has 2 nitrogen and oxygen atoms in total. The van der Waals surface area contributed by atoms with Crippen LogP contribution in [0.15, 0.2) is 53.7 Å². The van der Waals surface area contributed by atoms with E-state index in [9.17, 15) is 0 Å². The molecular formula is C15H11Cl2NO. The van der Waals surface area contributed by atoms with Gasteiger partial charge in [0, 0.05) is 5.56 Å². The maximum Gasteiger partial charge on any atom is 0.129 e. The topological polar surface area (TPSA) is 21.6 Å². The Bertz CT molecular complexity index is 605. The number of nitrogens with zero attached hydrogens (tertiary/aromatic N) is 1. The minimum absolute atomic E-state index is 0.0681. The van der Waals surface area contributed by atoms with E-state index < -0.39 is 0 Å². The van der Waals surface area contributed by atoms with Crippen molar-refractivity contribution in [3.8, 4) is 0 Å². The average molecular weight is 292 g/mol. The Morgan fingerprint density at radius 1 is 0.947 bits per heavy atom. The van der Waals surface area contributed by atoms with Crippen LogP contribution in [0, 0.1) is 0 Å². The smallest absolute Gasteiger partial charge is 0.129 e. The Morgan fingerprint density at radius 2 is 1.63 bits per heavy atom. The molecule has 1 aliphatic rings. The maximum absolute atomic E-state index is 6.24. The fraction of sp³-hybridized carbons (Fsp3) is 0.133. The molecule has 0 bridgehead atoms. The monoisotopic (exact) mass is 291 g/mol. The third kappa shape index (κ3) is 2.34. The van der Waals surface area contributed by atoms with Crippen LogP contribution >= 0.6 is 23.2 Å². The number of rotatable bonds is 2. The lowest BCUT2D eigenvalue weighted by molar-refractivity contribution is 0.166. The first kappa shape index (κ1) is 12.5. The number of halogens is 2. The molecule has 0 radical (unpaired) electrons. The van der Waals surface area contributed by atoms with Gasteiger partial charge in [0.1, 0.15) is 12.3 Å². The van der Waals surface area contributed by atoms with E-state index in [0.29, 0.717) is 16.7 Å². The molecule has 2 aromatic carbocycles. The molecule has 19 heavy (non-hydrogen) atoms. The van der Waals surface area contributed by atoms with Gasteiger partial charge in [0.15, 0.2) is 0 Å². The zero-order valence-electron chi connectivity index (χ0n) is 10.0. The molecular weight excluding hydrogens is 281 g/mol. The Labute approximate surface area is 121 Å². The summed E-state index contributed by atoms with van der Waals surface area (Å²) < 4.78 is 0. The molecule has 0 unspecified atom stereocenters. The third-order valence-electron chi connectivity index (χ3n) is 3.16. The number of hydrogen-bond acceptors (Lipinski definition) is 2. The van der Waals surface area contributed by atoms with Crippen molar-refractivity contribution in [2.24, 2.45) is 5.16 Å². The zero-order valence-corrected chi connectivity index (χ0v) is 11.5. The van der Waals surface area contributed by atoms with Gasteiger partial charge in [-0.25, -0.2) is 0 Å². The van der Waals surface area contributed by atoms with Crippen molar-refractivity contribution < 1.29 is 4.84 Å². The van der Waals surface area contributed by atoms with E-state index in [2.05, 4.69) is 17.3 Å². The predicted octanol–water partition coefficient (Wildman–Crippen LogP) is 4.51. The molecule has 3 rings (SSSR count). The van der Waals surface area contributed by atoms with Gasteiger partial charge in [-0.2, -0.15) is 0 Å². The van der Waals surface area contributed by atoms with Gasteiger partial charge in [-0.05, 0) is 17.7 Å². The summed E-state index contributed by atoms with van der Waals surface area (Å²) in [5, 5.41) is 5.32. The van der Waals surface area contributed by atoms with Gasteiger partial charge in [0.05, 0.1) is 16.0 Å². The molecule has 0 fully saturated rings. The van der Waals surface area contributed by atoms with E-state index in [0.717, 1.165) is 16.8 Å². The Balaban J connectivity index is 2.05. The lowest BCUT2D eigenvalue weighted by Crippen LogP contribution is -2.13. The summed E-state index contributed by atoms with van der Waals surface area (Å²) >= 11 is 12.5. The van der Waals surface area contributed by atoms with Gasteiger partial charge in [0.25, 0.3) is 0 Å². The van der Waals surface area contributed by atoms with Crippen LogP contribution in [0.1, 0.15) is 17.0 Å². The summed E-state index contributed by atoms with van der Waals surface area (Å²) in [6.07, 6.45) is 0. The quantitative estimate of drug-likeness (QED) is 0.798. The molecule has 4 heteroatoms. The van der Waals surface area contributed by atoms with Crippen LogP contribution in [0.2, 0.25) is 10.0 Å². The molecule has 0 aromatic heterocycles. The van der Waals surface area contributed by atoms with E-state index in [4.69, 9.17) is 28.0 Å². The minimum Gasteiger partial charge on any atom is -0.394 e. The fourth-order valence-corrected chi connectivity index (χ4v) is 2.82. The van der Waals surface area contributed by atoms with E-state index >= 15 is 0 Å². The molecule has 2 aromatic rings. The minimum atomic E-state index is 0.0681. The normalized spacial score (nSPS) is 18.0. The van der Waals surface area contributed by atoms with Crippen molar-refractivity contribution >= 4 is 28.9 Å². The van der Waals surface area contributed by atoms with Gasteiger partial charge in [-0.15, -0.1) is 0 Å². The lowest BCUT2D eigenvalue weighted by Gasteiger charge is -2.13. The summed E-state index contributed by atoms with van der Waals surface area (Å²) in [7, 11) is 0. The highest BCUT2D eigenvalue weighted by Gasteiger charge is 2.29. The van der Waals surface area contributed by atoms with Crippen molar-refractivity contribution in [1.82, 2.24) is 0 Å². The molecule has 0 saturated carbocycles. The van der Waals surface area contributed by atoms with Crippen LogP contribution in [0.5, 0.6) is 0 Å². The Morgan fingerprint density at radius 3 is 2.32 bits per heavy atom. The van der Waals surface area contributed by atoms with Crippen LogP contribution in [-0.2, 0) is 4.84 Å². The summed E-state index contributed by atoms with van der Waals surface area (Å²) in [5.41, 5.74) is 2.70. The van der Waals surface area contributed by atoms with E-state index in [1.165, 1.54) is 0 Å². The summed E-state index contributed by atoms with van der Waals surface area (Å²) in [4.78, 5) is 5.26. The second-order valence-corrected chi connectivity index (χ2v) is 5.15. The zero-order chi connectivity index (χ0) is 13.2. The van der Waals surface area contributed by atoms with Crippen molar-refractivity contribution in [3.63, 3.8) is 0 Å². The molecule has 1 aliphatic heterocycles. The van der Waals surface area contributed by atoms with E-state index in [-0.39, 0.29) is 5.92 Å². The second kappa shape index (κ2) is 5.24. The largest absolute Gasteiger partial charge is 0.394 e. The van der Waals surface area contributed by atoms with Gasteiger partial charge in [-0.1, -0.05) is 64.8 Å². The van der Waals surface area contributed by atoms with Crippen LogP contribution in [-0.4, -0.2) is 12.3 Å². The highest BCUT2D eigenvalue weighted by atomic mass is 35.5. The molecule has 1 heterocycles. The first-order chi connectivity index (χ1) is 9.27. The van der Waals surface area contributed by atoms with Crippen LogP contribution < -0.4 is 0 Å². The SMILES string of the molecule is Clc1cccc(Cl)c1C1=NOC[C@H]1c1ccccc1. The molecule has 0 spiro atoms. The number of hydrogen-bond donors (Lipinski definition) is 0. The maximum atomic E-state index is 6.24. The van der Waals surface area contributed by atoms with Gasteiger partial charge < -0.3 is 4.84 Å². The lowest BCUT2D eigenvalue weighted by atomic mass is 9.91. The Hall–Kier alpha value is -1.51. The summed E-state index contributed by atoms with van der Waals surface area (Å²) in [6.45, 7) is 0.515. The molecule has 0 aliphatic carbocycles. The molecule has 0 amide bonds.